The Morgan fingerprint density at radius 1 is 1.24 bits per heavy atom. The summed E-state index contributed by atoms with van der Waals surface area (Å²) in [5, 5.41) is 3.06. The molecule has 1 fully saturated rings. The van der Waals surface area contributed by atoms with Crippen LogP contribution in [0.15, 0.2) is 30.5 Å². The number of aromatic nitrogens is 2. The number of rotatable bonds is 3. The molecule has 0 spiro atoms. The van der Waals surface area contributed by atoms with E-state index in [1.807, 2.05) is 24.3 Å². The number of fused-ring (bicyclic) bond motifs is 1. The number of hydrogen-bond acceptors (Lipinski definition) is 2. The number of carbonyl (C=O) groups is 1. The van der Waals surface area contributed by atoms with Gasteiger partial charge in [-0.2, -0.15) is 0 Å². The Labute approximate surface area is 124 Å². The van der Waals surface area contributed by atoms with Gasteiger partial charge in [-0.1, -0.05) is 18.2 Å². The van der Waals surface area contributed by atoms with Gasteiger partial charge < -0.3 is 9.88 Å². The van der Waals surface area contributed by atoms with Gasteiger partial charge in [0.05, 0.1) is 11.4 Å². The van der Waals surface area contributed by atoms with Crippen LogP contribution in [0.25, 0.3) is 11.3 Å². The van der Waals surface area contributed by atoms with E-state index in [4.69, 9.17) is 4.98 Å². The Hall–Kier alpha value is -2.10. The Balaban J connectivity index is 1.67. The second kappa shape index (κ2) is 5.02. The van der Waals surface area contributed by atoms with Crippen molar-refractivity contribution in [1.82, 2.24) is 9.55 Å². The molecule has 2 aromatic rings. The number of aryl methyl sites for hydroxylation is 2. The second-order valence-corrected chi connectivity index (χ2v) is 6.00. The topological polar surface area (TPSA) is 46.9 Å². The van der Waals surface area contributed by atoms with E-state index in [1.165, 1.54) is 18.7 Å². The summed E-state index contributed by atoms with van der Waals surface area (Å²) in [5.41, 5.74) is 2.87. The van der Waals surface area contributed by atoms with Crippen molar-refractivity contribution in [3.05, 3.63) is 36.3 Å². The standard InChI is InChI=1S/C17H19N3O/c21-17(12-8-9-12)19-14-6-2-1-5-13(14)15-11-20-10-4-3-7-16(20)18-15/h1-2,5-6,11-12H,3-4,7-10H2,(H,19,21). The van der Waals surface area contributed by atoms with Gasteiger partial charge >= 0.3 is 0 Å². The normalized spacial score (nSPS) is 17.3. The minimum absolute atomic E-state index is 0.145. The maximum absolute atomic E-state index is 12.0. The molecule has 21 heavy (non-hydrogen) atoms. The van der Waals surface area contributed by atoms with Gasteiger partial charge in [-0.15, -0.1) is 0 Å². The summed E-state index contributed by atoms with van der Waals surface area (Å²) in [6, 6.07) is 7.97. The van der Waals surface area contributed by atoms with Crippen molar-refractivity contribution in [3.8, 4) is 11.3 Å². The molecule has 0 atom stereocenters. The highest BCUT2D eigenvalue weighted by Gasteiger charge is 2.30. The number of hydrogen-bond donors (Lipinski definition) is 1. The maximum Gasteiger partial charge on any atom is 0.227 e. The van der Waals surface area contributed by atoms with Crippen LogP contribution in [-0.2, 0) is 17.8 Å². The SMILES string of the molecule is O=C(Nc1ccccc1-c1cn2c(n1)CCCC2)C1CC1. The van der Waals surface area contributed by atoms with Gasteiger partial charge in [0.25, 0.3) is 0 Å². The summed E-state index contributed by atoms with van der Waals surface area (Å²) < 4.78 is 2.25. The molecule has 4 rings (SSSR count). The first-order chi connectivity index (χ1) is 10.3. The predicted molar refractivity (Wildman–Crippen MR) is 82.0 cm³/mol. The smallest absolute Gasteiger partial charge is 0.227 e. The van der Waals surface area contributed by atoms with Crippen molar-refractivity contribution in [1.29, 1.82) is 0 Å². The van der Waals surface area contributed by atoms with Crippen molar-refractivity contribution in [2.45, 2.75) is 38.6 Å². The molecule has 2 heterocycles. The fraction of sp³-hybridized carbons (Fsp3) is 0.412. The van der Waals surface area contributed by atoms with Gasteiger partial charge in [0.1, 0.15) is 5.82 Å². The first-order valence-corrected chi connectivity index (χ1v) is 7.77. The molecule has 1 saturated carbocycles. The number of amides is 1. The number of anilines is 1. The highest BCUT2D eigenvalue weighted by atomic mass is 16.2. The molecule has 1 aromatic heterocycles. The van der Waals surface area contributed by atoms with E-state index in [9.17, 15) is 4.79 Å². The van der Waals surface area contributed by atoms with Crippen LogP contribution < -0.4 is 5.32 Å². The minimum atomic E-state index is 0.145. The molecule has 0 saturated heterocycles. The Kier molecular flexibility index (Phi) is 3.02. The molecule has 0 bridgehead atoms. The van der Waals surface area contributed by atoms with Gasteiger partial charge in [0.15, 0.2) is 0 Å². The fourth-order valence-corrected chi connectivity index (χ4v) is 2.94. The summed E-state index contributed by atoms with van der Waals surface area (Å²) in [6.45, 7) is 1.05. The molecule has 2 aliphatic rings. The van der Waals surface area contributed by atoms with Crippen molar-refractivity contribution < 1.29 is 4.79 Å². The van der Waals surface area contributed by atoms with Gasteiger partial charge in [-0.25, -0.2) is 4.98 Å². The zero-order chi connectivity index (χ0) is 14.2. The molecule has 1 N–H and O–H groups in total. The van der Waals surface area contributed by atoms with E-state index >= 15 is 0 Å². The van der Waals surface area contributed by atoms with E-state index in [1.54, 1.807) is 0 Å². The maximum atomic E-state index is 12.0. The highest BCUT2D eigenvalue weighted by Crippen LogP contribution is 2.33. The van der Waals surface area contributed by atoms with E-state index in [2.05, 4.69) is 16.1 Å². The first kappa shape index (κ1) is 12.6. The first-order valence-electron chi connectivity index (χ1n) is 7.77. The van der Waals surface area contributed by atoms with Crippen LogP contribution in [0.2, 0.25) is 0 Å². The zero-order valence-corrected chi connectivity index (χ0v) is 12.0. The molecule has 0 unspecified atom stereocenters. The monoisotopic (exact) mass is 281 g/mol. The van der Waals surface area contributed by atoms with Crippen LogP contribution in [0.1, 0.15) is 31.5 Å². The largest absolute Gasteiger partial charge is 0.334 e. The van der Waals surface area contributed by atoms with E-state index in [-0.39, 0.29) is 11.8 Å². The number of nitrogens with one attached hydrogen (secondary N) is 1. The summed E-state index contributed by atoms with van der Waals surface area (Å²) in [6.07, 6.45) is 7.66. The predicted octanol–water partition coefficient (Wildman–Crippen LogP) is 3.23. The molecule has 4 heteroatoms. The van der Waals surface area contributed by atoms with Gasteiger partial charge in [-0.3, -0.25) is 4.79 Å². The summed E-state index contributed by atoms with van der Waals surface area (Å²) in [5.74, 6) is 1.53. The molecular weight excluding hydrogens is 262 g/mol. The van der Waals surface area contributed by atoms with Crippen molar-refractivity contribution in [2.75, 3.05) is 5.32 Å². The molecule has 4 nitrogen and oxygen atoms in total. The molecule has 1 aliphatic heterocycles. The third kappa shape index (κ3) is 2.46. The Morgan fingerprint density at radius 2 is 2.10 bits per heavy atom. The third-order valence-corrected chi connectivity index (χ3v) is 4.32. The van der Waals surface area contributed by atoms with Crippen molar-refractivity contribution in [3.63, 3.8) is 0 Å². The number of para-hydroxylation sites is 1. The minimum Gasteiger partial charge on any atom is -0.334 e. The van der Waals surface area contributed by atoms with Gasteiger partial charge in [-0.05, 0) is 31.7 Å². The lowest BCUT2D eigenvalue weighted by Gasteiger charge is -2.11. The lowest BCUT2D eigenvalue weighted by atomic mass is 10.1. The molecule has 108 valence electrons. The summed E-state index contributed by atoms with van der Waals surface area (Å²) >= 11 is 0. The second-order valence-electron chi connectivity index (χ2n) is 6.00. The molecule has 1 aliphatic carbocycles. The Morgan fingerprint density at radius 3 is 2.90 bits per heavy atom. The average Bonchev–Trinajstić information content (AvgIpc) is 3.27. The number of benzene rings is 1. The van der Waals surface area contributed by atoms with Gasteiger partial charge in [0.2, 0.25) is 5.91 Å². The number of nitrogens with zero attached hydrogens (tertiary/aromatic N) is 2. The van der Waals surface area contributed by atoms with E-state index in [0.29, 0.717) is 0 Å². The van der Waals surface area contributed by atoms with Crippen LogP contribution in [0.5, 0.6) is 0 Å². The van der Waals surface area contributed by atoms with Crippen LogP contribution in [-0.4, -0.2) is 15.5 Å². The van der Waals surface area contributed by atoms with Crippen LogP contribution >= 0.6 is 0 Å². The van der Waals surface area contributed by atoms with E-state index in [0.717, 1.165) is 42.8 Å². The van der Waals surface area contributed by atoms with Crippen LogP contribution in [0.3, 0.4) is 0 Å². The summed E-state index contributed by atoms with van der Waals surface area (Å²) in [7, 11) is 0. The summed E-state index contributed by atoms with van der Waals surface area (Å²) in [4.78, 5) is 16.8. The Bertz CT molecular complexity index is 662. The quantitative estimate of drug-likeness (QED) is 0.939. The number of imidazole rings is 1. The molecular formula is C17H19N3O. The molecule has 1 amide bonds. The van der Waals surface area contributed by atoms with E-state index < -0.39 is 0 Å². The molecule has 0 radical (unpaired) electrons. The third-order valence-electron chi connectivity index (χ3n) is 4.32. The number of carbonyl (C=O) groups excluding carboxylic acids is 1. The van der Waals surface area contributed by atoms with Crippen molar-refractivity contribution in [2.24, 2.45) is 5.92 Å². The van der Waals surface area contributed by atoms with Crippen LogP contribution in [0, 0.1) is 5.92 Å². The van der Waals surface area contributed by atoms with Gasteiger partial charge in [0, 0.05) is 30.6 Å². The van der Waals surface area contributed by atoms with Crippen LogP contribution in [0.4, 0.5) is 5.69 Å². The molecule has 1 aromatic carbocycles. The highest BCUT2D eigenvalue weighted by molar-refractivity contribution is 5.97. The lowest BCUT2D eigenvalue weighted by molar-refractivity contribution is -0.117. The lowest BCUT2D eigenvalue weighted by Crippen LogP contribution is -2.13. The fourth-order valence-electron chi connectivity index (χ4n) is 2.94. The zero-order valence-electron chi connectivity index (χ0n) is 12.0. The van der Waals surface area contributed by atoms with Crippen molar-refractivity contribution >= 4 is 11.6 Å². The average molecular weight is 281 g/mol.